The van der Waals surface area contributed by atoms with Gasteiger partial charge < -0.3 is 35.2 Å². The lowest BCUT2D eigenvalue weighted by molar-refractivity contribution is -0.149. The lowest BCUT2D eigenvalue weighted by Gasteiger charge is -2.13. The molecule has 0 spiro atoms. The van der Waals surface area contributed by atoms with Gasteiger partial charge in [-0.2, -0.15) is 0 Å². The largest absolute Gasteiger partial charge is 0.462 e. The van der Waals surface area contributed by atoms with Gasteiger partial charge in [-0.25, -0.2) is 0 Å². The number of nitrogens with two attached hydrogens (primary N) is 2. The number of ether oxygens (including phenoxy) is 5. The summed E-state index contributed by atoms with van der Waals surface area (Å²) in [6, 6.07) is 17.4. The molecule has 0 saturated heterocycles. The molecule has 2 aromatic rings. The minimum atomic E-state index is -0.875. The summed E-state index contributed by atoms with van der Waals surface area (Å²) in [6.45, 7) is 1.21. The monoisotopic (exact) mass is 460 g/mol. The molecule has 33 heavy (non-hydrogen) atoms. The first-order valence-corrected chi connectivity index (χ1v) is 10.7. The van der Waals surface area contributed by atoms with E-state index in [-0.39, 0.29) is 39.6 Å². The molecule has 2 aromatic carbocycles. The smallest absolute Gasteiger partial charge is 0.325 e. The Morgan fingerprint density at radius 2 is 1.00 bits per heavy atom. The highest BCUT2D eigenvalue weighted by Crippen LogP contribution is 2.02. The van der Waals surface area contributed by atoms with Crippen molar-refractivity contribution in [1.29, 1.82) is 0 Å². The van der Waals surface area contributed by atoms with Crippen molar-refractivity contribution in [3.05, 3.63) is 71.8 Å². The highest BCUT2D eigenvalue weighted by atomic mass is 16.6. The van der Waals surface area contributed by atoms with Crippen LogP contribution in [0.3, 0.4) is 0 Å². The van der Waals surface area contributed by atoms with Crippen LogP contribution in [-0.4, -0.2) is 63.7 Å². The van der Waals surface area contributed by atoms with Crippen molar-refractivity contribution in [3.63, 3.8) is 0 Å². The zero-order chi connectivity index (χ0) is 23.7. The van der Waals surface area contributed by atoms with Crippen molar-refractivity contribution in [1.82, 2.24) is 0 Å². The predicted molar refractivity (Wildman–Crippen MR) is 121 cm³/mol. The lowest BCUT2D eigenvalue weighted by atomic mass is 10.2. The Labute approximate surface area is 193 Å². The Morgan fingerprint density at radius 1 is 0.606 bits per heavy atom. The summed E-state index contributed by atoms with van der Waals surface area (Å²) >= 11 is 0. The zero-order valence-corrected chi connectivity index (χ0v) is 18.6. The van der Waals surface area contributed by atoms with Gasteiger partial charge in [0.25, 0.3) is 0 Å². The zero-order valence-electron chi connectivity index (χ0n) is 18.6. The van der Waals surface area contributed by atoms with Crippen LogP contribution in [0.15, 0.2) is 60.7 Å². The summed E-state index contributed by atoms with van der Waals surface area (Å²) in [5, 5.41) is 0. The van der Waals surface area contributed by atoms with Crippen LogP contribution in [0.5, 0.6) is 0 Å². The van der Waals surface area contributed by atoms with Crippen LogP contribution in [0.4, 0.5) is 0 Å². The Kier molecular flexibility index (Phi) is 12.7. The highest BCUT2D eigenvalue weighted by molar-refractivity contribution is 5.76. The van der Waals surface area contributed by atoms with E-state index in [1.807, 2.05) is 60.7 Å². The summed E-state index contributed by atoms with van der Waals surface area (Å²) < 4.78 is 26.2. The van der Waals surface area contributed by atoms with Gasteiger partial charge >= 0.3 is 11.9 Å². The molecule has 0 radical (unpaired) electrons. The first-order chi connectivity index (χ1) is 16.1. The number of carbonyl (C=O) groups excluding carboxylic acids is 2. The first kappa shape index (κ1) is 26.4. The number of rotatable bonds is 16. The summed E-state index contributed by atoms with van der Waals surface area (Å²) in [5.41, 5.74) is 13.5. The molecule has 2 rings (SSSR count). The molecule has 0 fully saturated rings. The molecule has 0 aliphatic rings. The van der Waals surface area contributed by atoms with Crippen LogP contribution < -0.4 is 11.5 Å². The van der Waals surface area contributed by atoms with Crippen LogP contribution in [0, 0.1) is 0 Å². The fraction of sp³-hybridized carbons (Fsp3) is 0.417. The van der Waals surface area contributed by atoms with Crippen LogP contribution in [0.2, 0.25) is 0 Å². The van der Waals surface area contributed by atoms with Crippen LogP contribution in [0.1, 0.15) is 11.1 Å². The molecule has 2 atom stereocenters. The second-order valence-electron chi connectivity index (χ2n) is 7.16. The van der Waals surface area contributed by atoms with E-state index in [9.17, 15) is 9.59 Å². The Morgan fingerprint density at radius 3 is 1.39 bits per heavy atom. The van der Waals surface area contributed by atoms with E-state index in [0.29, 0.717) is 13.2 Å². The van der Waals surface area contributed by atoms with E-state index >= 15 is 0 Å². The van der Waals surface area contributed by atoms with Crippen molar-refractivity contribution in [2.24, 2.45) is 11.5 Å². The van der Waals surface area contributed by atoms with Crippen molar-refractivity contribution in [2.75, 3.05) is 39.6 Å². The molecule has 0 aromatic heterocycles. The van der Waals surface area contributed by atoms with E-state index in [0.717, 1.165) is 11.1 Å². The van der Waals surface area contributed by atoms with Gasteiger partial charge in [-0.15, -0.1) is 0 Å². The maximum Gasteiger partial charge on any atom is 0.325 e. The van der Waals surface area contributed by atoms with E-state index in [2.05, 4.69) is 0 Å². The van der Waals surface area contributed by atoms with E-state index < -0.39 is 24.0 Å². The Balaban J connectivity index is 1.43. The van der Waals surface area contributed by atoms with Gasteiger partial charge in [0.2, 0.25) is 0 Å². The van der Waals surface area contributed by atoms with Crippen molar-refractivity contribution in [2.45, 2.75) is 25.3 Å². The summed E-state index contributed by atoms with van der Waals surface area (Å²) in [4.78, 5) is 23.7. The quantitative estimate of drug-likeness (QED) is 0.280. The number of benzene rings is 2. The molecule has 9 heteroatoms. The maximum absolute atomic E-state index is 11.8. The van der Waals surface area contributed by atoms with Gasteiger partial charge in [0.15, 0.2) is 0 Å². The Bertz CT molecular complexity index is 737. The number of carbonyl (C=O) groups is 2. The molecule has 9 nitrogen and oxygen atoms in total. The van der Waals surface area contributed by atoms with Crippen molar-refractivity contribution < 1.29 is 33.3 Å². The third-order valence-electron chi connectivity index (χ3n) is 4.37. The summed E-state index contributed by atoms with van der Waals surface area (Å²) in [7, 11) is 0. The molecule has 0 saturated carbocycles. The van der Waals surface area contributed by atoms with Gasteiger partial charge in [0.05, 0.1) is 39.6 Å². The van der Waals surface area contributed by atoms with Crippen LogP contribution >= 0.6 is 0 Å². The van der Waals surface area contributed by atoms with Gasteiger partial charge in [0.1, 0.15) is 25.3 Å². The van der Waals surface area contributed by atoms with Crippen molar-refractivity contribution >= 4 is 11.9 Å². The molecular weight excluding hydrogens is 428 g/mol. The van der Waals surface area contributed by atoms with Gasteiger partial charge in [-0.05, 0) is 11.1 Å². The molecule has 180 valence electrons. The second-order valence-corrected chi connectivity index (χ2v) is 7.16. The molecule has 0 aliphatic carbocycles. The Hall–Kier alpha value is -2.82. The average Bonchev–Trinajstić information content (AvgIpc) is 2.84. The molecular formula is C24H32N2O7. The maximum atomic E-state index is 11.8. The molecule has 0 unspecified atom stereocenters. The lowest BCUT2D eigenvalue weighted by Crippen LogP contribution is -2.37. The minimum Gasteiger partial charge on any atom is -0.462 e. The summed E-state index contributed by atoms with van der Waals surface area (Å²) in [5.74, 6) is -1.14. The summed E-state index contributed by atoms with van der Waals surface area (Å²) in [6.07, 6.45) is 0. The molecule has 4 N–H and O–H groups in total. The van der Waals surface area contributed by atoms with Gasteiger partial charge in [-0.3, -0.25) is 9.59 Å². The predicted octanol–water partition coefficient (Wildman–Crippen LogP) is 1.18. The van der Waals surface area contributed by atoms with E-state index in [1.165, 1.54) is 0 Å². The van der Waals surface area contributed by atoms with Crippen LogP contribution in [-0.2, 0) is 46.5 Å². The molecule has 0 amide bonds. The first-order valence-electron chi connectivity index (χ1n) is 10.7. The van der Waals surface area contributed by atoms with Gasteiger partial charge in [-0.1, -0.05) is 60.7 Å². The van der Waals surface area contributed by atoms with Crippen molar-refractivity contribution in [3.8, 4) is 0 Å². The van der Waals surface area contributed by atoms with E-state index in [4.69, 9.17) is 35.2 Å². The molecule has 0 aliphatic heterocycles. The number of esters is 2. The standard InChI is InChI=1S/C24H32N2O7/c25-21(17-30-15-19-7-3-1-4-8-19)23(27)32-13-11-29-12-14-33-24(28)22(26)18-31-16-20-9-5-2-6-10-20/h1-10,21-22H,11-18,25-26H2/t21-,22-/m0/s1. The molecule has 0 bridgehead atoms. The highest BCUT2D eigenvalue weighted by Gasteiger charge is 2.16. The van der Waals surface area contributed by atoms with Crippen LogP contribution in [0.25, 0.3) is 0 Å². The number of hydrogen-bond donors (Lipinski definition) is 2. The van der Waals surface area contributed by atoms with E-state index in [1.54, 1.807) is 0 Å². The van der Waals surface area contributed by atoms with Gasteiger partial charge in [0, 0.05) is 0 Å². The second kappa shape index (κ2) is 15.9. The normalized spacial score (nSPS) is 12.7. The average molecular weight is 461 g/mol. The fourth-order valence-corrected chi connectivity index (χ4v) is 2.61. The molecule has 0 heterocycles. The SMILES string of the molecule is N[C@@H](COCc1ccccc1)C(=O)OCCOCCOC(=O)[C@@H](N)COCc1ccccc1. The minimum absolute atomic E-state index is 0.0337. The number of hydrogen-bond acceptors (Lipinski definition) is 9. The topological polar surface area (TPSA) is 132 Å². The fourth-order valence-electron chi connectivity index (χ4n) is 2.61. The third-order valence-corrected chi connectivity index (χ3v) is 4.37. The third kappa shape index (κ3) is 11.6.